The third-order valence-corrected chi connectivity index (χ3v) is 2.20. The summed E-state index contributed by atoms with van der Waals surface area (Å²) in [5, 5.41) is 0.721. The van der Waals surface area contributed by atoms with Gasteiger partial charge in [0.2, 0.25) is 0 Å². The standard InChI is InChI=1S/C8H8ClFS/c9-8-3-1-7(2-4-8)5-11-6-10/h1-4H,5-6H2. The zero-order chi connectivity index (χ0) is 8.10. The molecule has 0 fully saturated rings. The Morgan fingerprint density at radius 1 is 1.27 bits per heavy atom. The van der Waals surface area contributed by atoms with Gasteiger partial charge in [-0.05, 0) is 17.7 Å². The van der Waals surface area contributed by atoms with Gasteiger partial charge in [-0.3, -0.25) is 0 Å². The van der Waals surface area contributed by atoms with Crippen LogP contribution in [0.15, 0.2) is 24.3 Å². The van der Waals surface area contributed by atoms with Crippen molar-refractivity contribution in [2.75, 3.05) is 6.01 Å². The zero-order valence-electron chi connectivity index (χ0n) is 5.89. The number of benzene rings is 1. The van der Waals surface area contributed by atoms with Crippen LogP contribution in [-0.4, -0.2) is 6.01 Å². The molecule has 1 aromatic carbocycles. The largest absolute Gasteiger partial charge is 0.239 e. The quantitative estimate of drug-likeness (QED) is 0.703. The van der Waals surface area contributed by atoms with Crippen LogP contribution in [0.25, 0.3) is 0 Å². The summed E-state index contributed by atoms with van der Waals surface area (Å²) < 4.78 is 11.7. The predicted octanol–water partition coefficient (Wildman–Crippen LogP) is 3.50. The molecule has 11 heavy (non-hydrogen) atoms. The van der Waals surface area contributed by atoms with Gasteiger partial charge in [0.25, 0.3) is 0 Å². The number of thioether (sulfide) groups is 1. The van der Waals surface area contributed by atoms with Crippen LogP contribution in [0.1, 0.15) is 5.56 Å². The summed E-state index contributed by atoms with van der Waals surface area (Å²) >= 11 is 6.92. The molecule has 1 aromatic rings. The Kier molecular flexibility index (Phi) is 3.73. The summed E-state index contributed by atoms with van der Waals surface area (Å²) in [6.07, 6.45) is 0. The van der Waals surface area contributed by atoms with Gasteiger partial charge in [0.1, 0.15) is 6.01 Å². The summed E-state index contributed by atoms with van der Waals surface area (Å²) in [6, 6.07) is 7.12. The molecule has 0 unspecified atom stereocenters. The van der Waals surface area contributed by atoms with E-state index in [0.29, 0.717) is 5.75 Å². The average Bonchev–Trinajstić information content (AvgIpc) is 2.04. The molecule has 0 bridgehead atoms. The fourth-order valence-corrected chi connectivity index (χ4v) is 1.37. The van der Waals surface area contributed by atoms with Gasteiger partial charge >= 0.3 is 0 Å². The SMILES string of the molecule is FCSCc1ccc(Cl)cc1. The molecule has 0 aliphatic heterocycles. The lowest BCUT2D eigenvalue weighted by molar-refractivity contribution is 0.605. The molecule has 0 aromatic heterocycles. The predicted molar refractivity (Wildman–Crippen MR) is 48.7 cm³/mol. The molecule has 0 aliphatic carbocycles. The lowest BCUT2D eigenvalue weighted by Crippen LogP contribution is -1.78. The summed E-state index contributed by atoms with van der Waals surface area (Å²) in [5.41, 5.74) is 1.11. The van der Waals surface area contributed by atoms with Crippen LogP contribution < -0.4 is 0 Å². The molecule has 0 amide bonds. The molecule has 0 saturated heterocycles. The number of alkyl halides is 1. The lowest BCUT2D eigenvalue weighted by atomic mass is 10.2. The minimum Gasteiger partial charge on any atom is -0.239 e. The van der Waals surface area contributed by atoms with E-state index in [2.05, 4.69) is 0 Å². The Balaban J connectivity index is 2.52. The monoisotopic (exact) mass is 190 g/mol. The van der Waals surface area contributed by atoms with Gasteiger partial charge in [-0.2, -0.15) is 0 Å². The van der Waals surface area contributed by atoms with Crippen LogP contribution in [0.5, 0.6) is 0 Å². The normalized spacial score (nSPS) is 10.0. The molecular formula is C8H8ClFS. The van der Waals surface area contributed by atoms with Crippen LogP contribution in [0, 0.1) is 0 Å². The van der Waals surface area contributed by atoms with Gasteiger partial charge in [0.05, 0.1) is 0 Å². The van der Waals surface area contributed by atoms with Crippen molar-refractivity contribution in [3.63, 3.8) is 0 Å². The molecule has 0 nitrogen and oxygen atoms in total. The van der Waals surface area contributed by atoms with Gasteiger partial charge < -0.3 is 0 Å². The first-order chi connectivity index (χ1) is 5.33. The Morgan fingerprint density at radius 3 is 2.45 bits per heavy atom. The van der Waals surface area contributed by atoms with Gasteiger partial charge in [-0.25, -0.2) is 4.39 Å². The maximum Gasteiger partial charge on any atom is 0.135 e. The molecule has 0 atom stereocenters. The van der Waals surface area contributed by atoms with E-state index >= 15 is 0 Å². The van der Waals surface area contributed by atoms with Gasteiger partial charge in [-0.15, -0.1) is 11.8 Å². The molecular weight excluding hydrogens is 183 g/mol. The van der Waals surface area contributed by atoms with Crippen LogP contribution in [-0.2, 0) is 5.75 Å². The van der Waals surface area contributed by atoms with E-state index in [0.717, 1.165) is 10.6 Å². The minimum atomic E-state index is -0.331. The van der Waals surface area contributed by atoms with Crippen molar-refractivity contribution in [3.05, 3.63) is 34.9 Å². The summed E-state index contributed by atoms with van der Waals surface area (Å²) in [5.74, 6) is 0.716. The molecule has 0 radical (unpaired) electrons. The maximum atomic E-state index is 11.7. The van der Waals surface area contributed by atoms with Crippen LogP contribution in [0.3, 0.4) is 0 Å². The molecule has 60 valence electrons. The second kappa shape index (κ2) is 4.62. The summed E-state index contributed by atoms with van der Waals surface area (Å²) in [7, 11) is 0. The molecule has 1 rings (SSSR count). The van der Waals surface area contributed by atoms with Gasteiger partial charge in [-0.1, -0.05) is 23.7 Å². The number of hydrogen-bond acceptors (Lipinski definition) is 1. The number of halogens is 2. The van der Waals surface area contributed by atoms with Crippen LogP contribution in [0.2, 0.25) is 5.02 Å². The van der Waals surface area contributed by atoms with Gasteiger partial charge in [0.15, 0.2) is 0 Å². The smallest absolute Gasteiger partial charge is 0.135 e. The fraction of sp³-hybridized carbons (Fsp3) is 0.250. The van der Waals surface area contributed by atoms with E-state index < -0.39 is 0 Å². The Labute approximate surface area is 74.8 Å². The van der Waals surface area contributed by atoms with Crippen LogP contribution in [0.4, 0.5) is 4.39 Å². The first-order valence-corrected chi connectivity index (χ1v) is 4.74. The third kappa shape index (κ3) is 3.12. The maximum absolute atomic E-state index is 11.7. The van der Waals surface area contributed by atoms with E-state index in [4.69, 9.17) is 11.6 Å². The van der Waals surface area contributed by atoms with E-state index in [1.807, 2.05) is 24.3 Å². The van der Waals surface area contributed by atoms with Crippen molar-refractivity contribution in [2.45, 2.75) is 5.75 Å². The topological polar surface area (TPSA) is 0 Å². The highest BCUT2D eigenvalue weighted by atomic mass is 35.5. The highest BCUT2D eigenvalue weighted by Gasteiger charge is 1.92. The minimum absolute atomic E-state index is 0.331. The van der Waals surface area contributed by atoms with Gasteiger partial charge in [0, 0.05) is 10.8 Å². The lowest BCUT2D eigenvalue weighted by Gasteiger charge is -1.97. The van der Waals surface area contributed by atoms with Crippen molar-refractivity contribution in [1.29, 1.82) is 0 Å². The Hall–Kier alpha value is -0.210. The third-order valence-electron chi connectivity index (χ3n) is 1.26. The molecule has 0 N–H and O–H groups in total. The van der Waals surface area contributed by atoms with E-state index in [9.17, 15) is 4.39 Å². The van der Waals surface area contributed by atoms with E-state index in [1.165, 1.54) is 11.8 Å². The zero-order valence-corrected chi connectivity index (χ0v) is 7.46. The molecule has 0 spiro atoms. The number of rotatable bonds is 3. The van der Waals surface area contributed by atoms with Crippen molar-refractivity contribution < 1.29 is 4.39 Å². The molecule has 0 saturated carbocycles. The number of hydrogen-bond donors (Lipinski definition) is 0. The Morgan fingerprint density at radius 2 is 1.91 bits per heavy atom. The van der Waals surface area contributed by atoms with Crippen molar-refractivity contribution in [2.24, 2.45) is 0 Å². The average molecular weight is 191 g/mol. The second-order valence-electron chi connectivity index (χ2n) is 2.08. The van der Waals surface area contributed by atoms with Crippen molar-refractivity contribution >= 4 is 23.4 Å². The molecule has 3 heteroatoms. The van der Waals surface area contributed by atoms with E-state index in [1.54, 1.807) is 0 Å². The fourth-order valence-electron chi connectivity index (χ4n) is 0.737. The Bertz CT molecular complexity index is 210. The highest BCUT2D eigenvalue weighted by Crippen LogP contribution is 2.15. The first-order valence-electron chi connectivity index (χ1n) is 3.21. The second-order valence-corrected chi connectivity index (χ2v) is 3.44. The van der Waals surface area contributed by atoms with Crippen molar-refractivity contribution in [1.82, 2.24) is 0 Å². The molecule has 0 heterocycles. The molecule has 0 aliphatic rings. The van der Waals surface area contributed by atoms with Crippen molar-refractivity contribution in [3.8, 4) is 0 Å². The summed E-state index contributed by atoms with van der Waals surface area (Å²) in [4.78, 5) is 0. The first kappa shape index (κ1) is 8.88. The van der Waals surface area contributed by atoms with E-state index in [-0.39, 0.29) is 6.01 Å². The highest BCUT2D eigenvalue weighted by molar-refractivity contribution is 7.98. The van der Waals surface area contributed by atoms with Crippen LogP contribution >= 0.6 is 23.4 Å². The summed E-state index contributed by atoms with van der Waals surface area (Å²) in [6.45, 7) is 0.